The molecule has 0 atom stereocenters. The highest BCUT2D eigenvalue weighted by Crippen LogP contribution is 2.15. The van der Waals surface area contributed by atoms with Gasteiger partial charge in [-0.15, -0.1) is 0 Å². The molecule has 0 spiro atoms. The maximum atomic E-state index is 5.87. The van der Waals surface area contributed by atoms with Gasteiger partial charge in [0.25, 0.3) is 0 Å². The molecule has 2 aromatic rings. The fourth-order valence-electron chi connectivity index (χ4n) is 4.25. The molecule has 172 valence electrons. The van der Waals surface area contributed by atoms with Crippen molar-refractivity contribution in [3.8, 4) is 0 Å². The number of hydrogen-bond donors (Lipinski definition) is 0. The minimum Gasteiger partial charge on any atom is -0.381 e. The van der Waals surface area contributed by atoms with E-state index in [1.807, 2.05) is 0 Å². The molecule has 32 heavy (non-hydrogen) atoms. The molecule has 3 rings (SSSR count). The fraction of sp³-hybridized carbons (Fsp3) is 0.467. The van der Waals surface area contributed by atoms with Crippen LogP contribution in [0.15, 0.2) is 84.5 Å². The lowest BCUT2D eigenvalue weighted by molar-refractivity contribution is 0.125. The number of ether oxygens (including phenoxy) is 1. The Bertz CT molecular complexity index is 781. The highest BCUT2D eigenvalue weighted by Gasteiger charge is 2.08. The molecule has 0 radical (unpaired) electrons. The zero-order chi connectivity index (χ0) is 22.1. The van der Waals surface area contributed by atoms with Crippen LogP contribution in [0.5, 0.6) is 0 Å². The number of benzene rings is 2. The summed E-state index contributed by atoms with van der Waals surface area (Å²) in [6.07, 6.45) is 17.8. The Morgan fingerprint density at radius 3 is 2.09 bits per heavy atom. The van der Waals surface area contributed by atoms with Gasteiger partial charge in [-0.25, -0.2) is 0 Å². The molecule has 0 saturated carbocycles. The zero-order valence-electron chi connectivity index (χ0n) is 19.8. The summed E-state index contributed by atoms with van der Waals surface area (Å²) < 4.78 is 5.87. The maximum Gasteiger partial charge on any atom is 0.0466 e. The number of allylic oxidation sites excluding steroid dienone is 3. The molecule has 2 aromatic carbocycles. The normalized spacial score (nSPS) is 13.5. The van der Waals surface area contributed by atoms with Crippen LogP contribution in [-0.4, -0.2) is 31.2 Å². The van der Waals surface area contributed by atoms with E-state index < -0.39 is 0 Å². The molecule has 0 saturated heterocycles. The van der Waals surface area contributed by atoms with E-state index in [1.54, 1.807) is 0 Å². The average Bonchev–Trinajstić information content (AvgIpc) is 2.85. The monoisotopic (exact) mass is 431 g/mol. The molecule has 1 aliphatic rings. The number of nitrogens with zero attached hydrogens (tertiary/aromatic N) is 1. The van der Waals surface area contributed by atoms with Gasteiger partial charge in [-0.1, -0.05) is 84.5 Å². The minimum absolute atomic E-state index is 0.898. The van der Waals surface area contributed by atoms with Crippen molar-refractivity contribution in [3.05, 3.63) is 95.6 Å². The van der Waals surface area contributed by atoms with Crippen LogP contribution in [0.1, 0.15) is 62.5 Å². The molecule has 0 fully saturated rings. The topological polar surface area (TPSA) is 12.5 Å². The number of rotatable bonds is 16. The summed E-state index contributed by atoms with van der Waals surface area (Å²) in [5.74, 6) is 0. The van der Waals surface area contributed by atoms with Crippen molar-refractivity contribution in [1.82, 2.24) is 4.90 Å². The van der Waals surface area contributed by atoms with Gasteiger partial charge in [0.1, 0.15) is 0 Å². The van der Waals surface area contributed by atoms with Crippen LogP contribution in [0.2, 0.25) is 0 Å². The summed E-state index contributed by atoms with van der Waals surface area (Å²) in [6.45, 7) is 5.17. The van der Waals surface area contributed by atoms with Crippen molar-refractivity contribution in [2.45, 2.75) is 64.3 Å². The second-order valence-electron chi connectivity index (χ2n) is 8.89. The van der Waals surface area contributed by atoms with Gasteiger partial charge in [0.05, 0.1) is 0 Å². The van der Waals surface area contributed by atoms with Crippen molar-refractivity contribution in [1.29, 1.82) is 0 Å². The van der Waals surface area contributed by atoms with Crippen molar-refractivity contribution in [2.75, 3.05) is 26.3 Å². The van der Waals surface area contributed by atoms with Gasteiger partial charge in [0, 0.05) is 26.3 Å². The predicted octanol–water partition coefficient (Wildman–Crippen LogP) is 7.36. The molecule has 0 unspecified atom stereocenters. The standard InChI is InChI=1S/C30H41NO/c1-5-15-28(16-6-1)19-11-14-26-32-25-13-4-12-23-31(27-30-20-9-3-10-21-30)24-22-29-17-7-2-8-18-29/h1,3,5-7,9-10,15-18,20-21H,2,4,8,11-14,19,22-27H2. The van der Waals surface area contributed by atoms with E-state index in [0.29, 0.717) is 0 Å². The van der Waals surface area contributed by atoms with Gasteiger partial charge in [0.15, 0.2) is 0 Å². The van der Waals surface area contributed by atoms with Crippen LogP contribution >= 0.6 is 0 Å². The summed E-state index contributed by atoms with van der Waals surface area (Å²) >= 11 is 0. The second-order valence-corrected chi connectivity index (χ2v) is 8.89. The lowest BCUT2D eigenvalue weighted by Crippen LogP contribution is -2.26. The highest BCUT2D eigenvalue weighted by atomic mass is 16.5. The van der Waals surface area contributed by atoms with Gasteiger partial charge in [-0.05, 0) is 75.5 Å². The molecule has 1 aliphatic carbocycles. The van der Waals surface area contributed by atoms with Crippen molar-refractivity contribution >= 4 is 0 Å². The molecular formula is C30H41NO. The molecular weight excluding hydrogens is 390 g/mol. The molecule has 0 heterocycles. The summed E-state index contributed by atoms with van der Waals surface area (Å²) in [5, 5.41) is 0. The molecule has 0 amide bonds. The molecule has 2 heteroatoms. The summed E-state index contributed by atoms with van der Waals surface area (Å²) in [7, 11) is 0. The lowest BCUT2D eigenvalue weighted by atomic mass is 10.0. The number of hydrogen-bond acceptors (Lipinski definition) is 2. The smallest absolute Gasteiger partial charge is 0.0466 e. The van der Waals surface area contributed by atoms with Crippen molar-refractivity contribution in [3.63, 3.8) is 0 Å². The van der Waals surface area contributed by atoms with Crippen LogP contribution in [0.25, 0.3) is 0 Å². The lowest BCUT2D eigenvalue weighted by Gasteiger charge is -2.23. The van der Waals surface area contributed by atoms with Gasteiger partial charge in [0.2, 0.25) is 0 Å². The van der Waals surface area contributed by atoms with E-state index in [-0.39, 0.29) is 0 Å². The molecule has 2 nitrogen and oxygen atoms in total. The van der Waals surface area contributed by atoms with E-state index in [0.717, 1.165) is 45.6 Å². The Morgan fingerprint density at radius 1 is 0.656 bits per heavy atom. The van der Waals surface area contributed by atoms with Gasteiger partial charge < -0.3 is 4.74 Å². The Kier molecular flexibility index (Phi) is 11.9. The van der Waals surface area contributed by atoms with Crippen molar-refractivity contribution < 1.29 is 4.74 Å². The Balaban J connectivity index is 1.25. The number of aryl methyl sites for hydroxylation is 1. The first-order chi connectivity index (χ1) is 15.9. The Labute approximate surface area is 196 Å². The Hall–Kier alpha value is -2.16. The Morgan fingerprint density at radius 2 is 1.38 bits per heavy atom. The van der Waals surface area contributed by atoms with Crippen LogP contribution in [0.4, 0.5) is 0 Å². The molecule has 0 bridgehead atoms. The summed E-state index contributed by atoms with van der Waals surface area (Å²) in [5.41, 5.74) is 4.36. The predicted molar refractivity (Wildman–Crippen MR) is 137 cm³/mol. The van der Waals surface area contributed by atoms with E-state index in [4.69, 9.17) is 4.74 Å². The average molecular weight is 432 g/mol. The zero-order valence-corrected chi connectivity index (χ0v) is 19.8. The third kappa shape index (κ3) is 10.4. The summed E-state index contributed by atoms with van der Waals surface area (Å²) in [6, 6.07) is 21.7. The van der Waals surface area contributed by atoms with Crippen LogP contribution in [0, 0.1) is 0 Å². The third-order valence-corrected chi connectivity index (χ3v) is 6.15. The van der Waals surface area contributed by atoms with Gasteiger partial charge >= 0.3 is 0 Å². The van der Waals surface area contributed by atoms with E-state index >= 15 is 0 Å². The van der Waals surface area contributed by atoms with Gasteiger partial charge in [-0.3, -0.25) is 4.90 Å². The second kappa shape index (κ2) is 15.6. The SMILES string of the molecule is C1=CC(CCN(CCCCCOCCCCc2ccccc2)Cc2ccccc2)=CCC1. The fourth-order valence-corrected chi connectivity index (χ4v) is 4.25. The van der Waals surface area contributed by atoms with Crippen molar-refractivity contribution in [2.24, 2.45) is 0 Å². The van der Waals surface area contributed by atoms with E-state index in [2.05, 4.69) is 83.8 Å². The summed E-state index contributed by atoms with van der Waals surface area (Å²) in [4.78, 5) is 2.63. The first-order valence-electron chi connectivity index (χ1n) is 12.6. The first kappa shape index (κ1) is 24.5. The van der Waals surface area contributed by atoms with Crippen LogP contribution in [-0.2, 0) is 17.7 Å². The van der Waals surface area contributed by atoms with Crippen LogP contribution < -0.4 is 0 Å². The highest BCUT2D eigenvalue weighted by molar-refractivity contribution is 5.22. The number of unbranched alkanes of at least 4 members (excludes halogenated alkanes) is 3. The third-order valence-electron chi connectivity index (χ3n) is 6.15. The van der Waals surface area contributed by atoms with E-state index in [1.165, 1.54) is 61.8 Å². The largest absolute Gasteiger partial charge is 0.381 e. The molecule has 0 aromatic heterocycles. The quantitative estimate of drug-likeness (QED) is 0.257. The minimum atomic E-state index is 0.898. The van der Waals surface area contributed by atoms with Crippen LogP contribution in [0.3, 0.4) is 0 Å². The van der Waals surface area contributed by atoms with E-state index in [9.17, 15) is 0 Å². The first-order valence-corrected chi connectivity index (χ1v) is 12.6. The maximum absolute atomic E-state index is 5.87. The molecule has 0 N–H and O–H groups in total. The molecule has 0 aliphatic heterocycles. The van der Waals surface area contributed by atoms with Gasteiger partial charge in [-0.2, -0.15) is 0 Å².